The normalized spacial score (nSPS) is 15.6. The molecule has 8 nitrogen and oxygen atoms in total. The first kappa shape index (κ1) is 48.7. The van der Waals surface area contributed by atoms with Gasteiger partial charge in [0.2, 0.25) is 22.1 Å². The molecule has 0 spiro atoms. The molecule has 1 aliphatic rings. The second-order valence-electron chi connectivity index (χ2n) is 15.0. The summed E-state index contributed by atoms with van der Waals surface area (Å²) in [5, 5.41) is 3.18. The number of hydrogen-bond donors (Lipinski definition) is 2. The molecule has 2 N–H and O–H groups in total. The summed E-state index contributed by atoms with van der Waals surface area (Å²) in [5.41, 5.74) is 0. The number of amides is 1. The summed E-state index contributed by atoms with van der Waals surface area (Å²) < 4.78 is 33.6. The molecule has 1 atom stereocenters. The van der Waals surface area contributed by atoms with Crippen molar-refractivity contribution in [2.75, 3.05) is 20.1 Å². The fourth-order valence-corrected chi connectivity index (χ4v) is 6.84. The molecular weight excluding hydrogens is 647 g/mol. The van der Waals surface area contributed by atoms with E-state index in [1.165, 1.54) is 192 Å². The number of hydrogen-bond acceptors (Lipinski definition) is 5. The van der Waals surface area contributed by atoms with Gasteiger partial charge in [-0.3, -0.25) is 13.8 Å². The van der Waals surface area contributed by atoms with Crippen molar-refractivity contribution >= 4 is 22.1 Å². The van der Waals surface area contributed by atoms with Crippen LogP contribution in [-0.2, 0) is 15.2 Å². The van der Waals surface area contributed by atoms with Crippen molar-refractivity contribution in [2.45, 2.75) is 219 Å². The van der Waals surface area contributed by atoms with Crippen LogP contribution in [0.4, 0.5) is 0 Å². The lowest BCUT2D eigenvalue weighted by Gasteiger charge is -2.27. The smallest absolute Gasteiger partial charge is 0.220 e. The van der Waals surface area contributed by atoms with Gasteiger partial charge in [-0.1, -0.05) is 194 Å². The zero-order chi connectivity index (χ0) is 37.0. The maximum absolute atomic E-state index is 12.4. The molecule has 0 saturated carbocycles. The summed E-state index contributed by atoms with van der Waals surface area (Å²) in [7, 11) is -2.67. The molecule has 0 aromatic rings. The number of nitrogens with one attached hydrogen (secondary N) is 1. The van der Waals surface area contributed by atoms with Crippen LogP contribution in [-0.4, -0.2) is 53.9 Å². The first-order chi connectivity index (χ1) is 24.1. The van der Waals surface area contributed by atoms with Gasteiger partial charge in [0.25, 0.3) is 0 Å². The lowest BCUT2D eigenvalue weighted by atomic mass is 10.0. The van der Waals surface area contributed by atoms with Crippen LogP contribution in [0, 0.1) is 0 Å². The van der Waals surface area contributed by atoms with Gasteiger partial charge in [0.1, 0.15) is 12.7 Å². The van der Waals surface area contributed by atoms with Gasteiger partial charge < -0.3 is 9.87 Å². The van der Waals surface area contributed by atoms with Gasteiger partial charge in [0.05, 0.1) is 19.8 Å². The van der Waals surface area contributed by atoms with Crippen molar-refractivity contribution in [2.24, 2.45) is 4.99 Å². The van der Waals surface area contributed by atoms with E-state index in [0.29, 0.717) is 6.42 Å². The predicted molar refractivity (Wildman–Crippen MR) is 212 cm³/mol. The number of rotatable bonds is 35. The second kappa shape index (κ2) is 34.8. The minimum atomic E-state index is -4.92. The highest BCUT2D eigenvalue weighted by molar-refractivity contribution is 7.79. The van der Waals surface area contributed by atoms with E-state index in [0.717, 1.165) is 30.4 Å². The van der Waals surface area contributed by atoms with E-state index in [-0.39, 0.29) is 5.91 Å². The van der Waals surface area contributed by atoms with Crippen molar-refractivity contribution in [1.82, 2.24) is 5.32 Å². The molecule has 1 heterocycles. The Hall–Kier alpha value is -1.29. The monoisotopic (exact) mass is 728 g/mol. The van der Waals surface area contributed by atoms with E-state index < -0.39 is 10.4 Å². The molecule has 1 rings (SSSR count). The highest BCUT2D eigenvalue weighted by atomic mass is 32.3. The first-order valence-electron chi connectivity index (χ1n) is 21.2. The Balaban J connectivity index is 0.00000445. The van der Waals surface area contributed by atoms with Gasteiger partial charge in [0, 0.05) is 12.8 Å². The zero-order valence-corrected chi connectivity index (χ0v) is 33.9. The molecule has 0 fully saturated rings. The molecule has 0 saturated heterocycles. The van der Waals surface area contributed by atoms with Crippen LogP contribution in [0.15, 0.2) is 17.4 Å². The summed E-state index contributed by atoms with van der Waals surface area (Å²) >= 11 is 0. The number of quaternary nitrogens is 1. The average Bonchev–Trinajstić information content (AvgIpc) is 3.43. The molecule has 0 radical (unpaired) electrons. The number of carbonyl (C=O) groups excluding carboxylic acids is 1. The summed E-state index contributed by atoms with van der Waals surface area (Å²) in [5.74, 6) is 1.49. The minimum absolute atomic E-state index is 0.223. The van der Waals surface area contributed by atoms with Crippen molar-refractivity contribution in [1.29, 1.82) is 0 Å². The van der Waals surface area contributed by atoms with Gasteiger partial charge in [-0.25, -0.2) is 13.4 Å². The van der Waals surface area contributed by atoms with Gasteiger partial charge in [-0.05, 0) is 12.8 Å². The topological polar surface area (TPSA) is 119 Å². The molecule has 0 aromatic heterocycles. The molecule has 1 unspecified atom stereocenters. The van der Waals surface area contributed by atoms with E-state index in [2.05, 4.69) is 32.4 Å². The third-order valence-electron chi connectivity index (χ3n) is 10.1. The molecule has 9 heteroatoms. The fraction of sp³-hybridized carbons (Fsp3) is 0.902. The van der Waals surface area contributed by atoms with Crippen LogP contribution in [0.5, 0.6) is 0 Å². The van der Waals surface area contributed by atoms with Crippen LogP contribution in [0.3, 0.4) is 0 Å². The minimum Gasteiger partial charge on any atom is -0.726 e. The summed E-state index contributed by atoms with van der Waals surface area (Å²) in [6.07, 6.45) is 47.3. The second-order valence-corrected chi connectivity index (χ2v) is 15.9. The standard InChI is InChI=1S/C41H79N3O.H2O4S/c1-4-6-8-10-12-14-16-18-20-22-24-26-28-30-32-34-40-42-36-38-44(40,3)39-37-43-41(45)35-33-31-29-27-25-23-21-19-17-15-13-11-9-7-5-2;1-5(2,3)4/h36,38H,4-35,37,39H2,1-3H3;(H2,1,2,3,4). The van der Waals surface area contributed by atoms with Gasteiger partial charge in [0.15, 0.2) is 0 Å². The Morgan fingerprint density at radius 1 is 0.640 bits per heavy atom. The number of nitrogens with zero attached hydrogens (tertiary/aromatic N) is 2. The molecule has 296 valence electrons. The summed E-state index contributed by atoms with van der Waals surface area (Å²) in [4.78, 5) is 17.1. The van der Waals surface area contributed by atoms with Gasteiger partial charge in [-0.15, -0.1) is 0 Å². The predicted octanol–water partition coefficient (Wildman–Crippen LogP) is 12.0. The molecule has 0 aliphatic carbocycles. The number of carbonyl (C=O) groups is 1. The Kier molecular flexibility index (Phi) is 33.9. The van der Waals surface area contributed by atoms with Crippen LogP contribution in [0.1, 0.15) is 219 Å². The van der Waals surface area contributed by atoms with Gasteiger partial charge in [-0.2, -0.15) is 0 Å². The van der Waals surface area contributed by atoms with Crippen LogP contribution >= 0.6 is 0 Å². The third-order valence-corrected chi connectivity index (χ3v) is 10.1. The zero-order valence-electron chi connectivity index (χ0n) is 33.1. The van der Waals surface area contributed by atoms with E-state index in [9.17, 15) is 4.79 Å². The Morgan fingerprint density at radius 3 is 1.32 bits per heavy atom. The number of unbranched alkanes of at least 4 members (excludes halogenated alkanes) is 28. The molecule has 1 amide bonds. The molecule has 0 aromatic carbocycles. The van der Waals surface area contributed by atoms with Gasteiger partial charge >= 0.3 is 0 Å². The number of amidine groups is 1. The first-order valence-corrected chi connectivity index (χ1v) is 22.5. The van der Waals surface area contributed by atoms with Crippen molar-refractivity contribution in [3.8, 4) is 0 Å². The summed E-state index contributed by atoms with van der Waals surface area (Å²) in [6, 6.07) is 0. The number of likely N-dealkylation sites (N-methyl/N-ethyl adjacent to an activating group) is 1. The maximum atomic E-state index is 12.4. The van der Waals surface area contributed by atoms with Crippen LogP contribution < -0.4 is 5.32 Å². The third kappa shape index (κ3) is 35.1. The highest BCUT2D eigenvalue weighted by Gasteiger charge is 2.29. The van der Waals surface area contributed by atoms with E-state index in [1.807, 2.05) is 6.20 Å². The maximum Gasteiger partial charge on any atom is 0.220 e. The van der Waals surface area contributed by atoms with Crippen molar-refractivity contribution in [3.63, 3.8) is 0 Å². The summed E-state index contributed by atoms with van der Waals surface area (Å²) in [6.45, 7) is 6.22. The number of aliphatic imine (C=N–C) groups is 1. The van der Waals surface area contributed by atoms with Crippen molar-refractivity contribution in [3.05, 3.63) is 12.4 Å². The van der Waals surface area contributed by atoms with E-state index in [1.54, 1.807) is 0 Å². The molecular formula is C41H81N3O5S. The largest absolute Gasteiger partial charge is 0.726 e. The van der Waals surface area contributed by atoms with Crippen molar-refractivity contribution < 1.29 is 26.8 Å². The average molecular weight is 728 g/mol. The van der Waals surface area contributed by atoms with E-state index >= 15 is 0 Å². The lowest BCUT2D eigenvalue weighted by molar-refractivity contribution is -0.763. The quantitative estimate of drug-likeness (QED) is 0.0291. The fourth-order valence-electron chi connectivity index (χ4n) is 6.84. The van der Waals surface area contributed by atoms with E-state index in [4.69, 9.17) is 22.5 Å². The Bertz CT molecular complexity index is 932. The Morgan fingerprint density at radius 2 is 0.960 bits per heavy atom. The Labute approximate surface area is 310 Å². The lowest BCUT2D eigenvalue weighted by Crippen LogP contribution is -2.47. The molecule has 50 heavy (non-hydrogen) atoms. The molecule has 1 aliphatic heterocycles. The highest BCUT2D eigenvalue weighted by Crippen LogP contribution is 2.19. The SMILES string of the molecule is CCCCCCCCCCCCCCCCCC(=O)NCC[N+]1(C)C=CN=C1CCCCCCCCCCCCCCCCC.O=S(=O)([O-])O. The molecule has 0 bridgehead atoms. The van der Waals surface area contributed by atoms with Crippen LogP contribution in [0.25, 0.3) is 0 Å². The van der Waals surface area contributed by atoms with Crippen LogP contribution in [0.2, 0.25) is 0 Å².